The number of halogens is 4. The van der Waals surface area contributed by atoms with Gasteiger partial charge in [0.1, 0.15) is 6.61 Å². The van der Waals surface area contributed by atoms with Gasteiger partial charge in [0.2, 0.25) is 0 Å². The predicted molar refractivity (Wildman–Crippen MR) is 125 cm³/mol. The van der Waals surface area contributed by atoms with Gasteiger partial charge in [0.15, 0.2) is 11.5 Å². The maximum absolute atomic E-state index is 6.06. The molecule has 0 atom stereocenters. The fourth-order valence-corrected chi connectivity index (χ4v) is 3.98. The van der Waals surface area contributed by atoms with Gasteiger partial charge < -0.3 is 14.8 Å². The number of benzene rings is 3. The minimum Gasteiger partial charge on any atom is -0.490 e. The van der Waals surface area contributed by atoms with Crippen LogP contribution in [0.25, 0.3) is 0 Å². The Bertz CT molecular complexity index is 960. The highest BCUT2D eigenvalue weighted by molar-refractivity contribution is 9.10. The van der Waals surface area contributed by atoms with Crippen LogP contribution in [0.5, 0.6) is 11.5 Å². The van der Waals surface area contributed by atoms with Crippen LogP contribution in [0.15, 0.2) is 59.1 Å². The summed E-state index contributed by atoms with van der Waals surface area (Å²) in [5, 5.41) is 5.19. The normalized spacial score (nSPS) is 10.7. The largest absolute Gasteiger partial charge is 0.490 e. The van der Waals surface area contributed by atoms with E-state index in [9.17, 15) is 0 Å². The monoisotopic (exact) mass is 513 g/mol. The molecular formula is C22H19BrCl3NO2. The third kappa shape index (κ3) is 6.45. The van der Waals surface area contributed by atoms with Crippen LogP contribution < -0.4 is 14.8 Å². The predicted octanol–water partition coefficient (Wildman–Crippen LogP) is 8.00. The van der Waals surface area contributed by atoms with E-state index in [2.05, 4.69) is 21.2 Å². The lowest BCUT2D eigenvalue weighted by molar-refractivity contribution is 0.267. The maximum atomic E-state index is 6.06. The first-order valence-electron chi connectivity index (χ1n) is 8.97. The van der Waals surface area contributed by atoms with Crippen molar-refractivity contribution in [1.82, 2.24) is 0 Å². The van der Waals surface area contributed by atoms with Gasteiger partial charge >= 0.3 is 0 Å². The number of ether oxygens (including phenoxy) is 2. The molecule has 0 bridgehead atoms. The molecule has 3 aromatic rings. The molecule has 0 saturated carbocycles. The average molecular weight is 516 g/mol. The molecule has 0 aliphatic rings. The minimum absolute atomic E-state index is 0.411. The van der Waals surface area contributed by atoms with Crippen LogP contribution in [0, 0.1) is 0 Å². The lowest BCUT2D eigenvalue weighted by atomic mass is 10.2. The van der Waals surface area contributed by atoms with E-state index in [1.165, 1.54) is 0 Å². The van der Waals surface area contributed by atoms with Crippen LogP contribution in [-0.2, 0) is 13.2 Å². The molecule has 3 nitrogen and oxygen atoms in total. The molecule has 0 spiro atoms. The number of anilines is 1. The topological polar surface area (TPSA) is 30.5 Å². The Morgan fingerprint density at radius 1 is 0.828 bits per heavy atom. The Kier molecular flexibility index (Phi) is 7.96. The summed E-state index contributed by atoms with van der Waals surface area (Å²) < 4.78 is 12.7. The van der Waals surface area contributed by atoms with Gasteiger partial charge in [0.05, 0.1) is 11.1 Å². The smallest absolute Gasteiger partial charge is 0.175 e. The molecule has 0 amide bonds. The third-order valence-corrected chi connectivity index (χ3v) is 5.30. The minimum atomic E-state index is 0.411. The Morgan fingerprint density at radius 3 is 2.17 bits per heavy atom. The summed E-state index contributed by atoms with van der Waals surface area (Å²) in [7, 11) is 0. The summed E-state index contributed by atoms with van der Waals surface area (Å²) in [6, 6.07) is 16.9. The summed E-state index contributed by atoms with van der Waals surface area (Å²) in [6.07, 6.45) is 0. The van der Waals surface area contributed by atoms with Crippen molar-refractivity contribution < 1.29 is 9.47 Å². The Balaban J connectivity index is 1.75. The van der Waals surface area contributed by atoms with Gasteiger partial charge in [-0.15, -0.1) is 0 Å². The summed E-state index contributed by atoms with van der Waals surface area (Å²) in [5.41, 5.74) is 2.89. The second kappa shape index (κ2) is 10.4. The van der Waals surface area contributed by atoms with Crippen LogP contribution in [0.3, 0.4) is 0 Å². The molecule has 0 aliphatic heterocycles. The summed E-state index contributed by atoms with van der Waals surface area (Å²) in [5.74, 6) is 1.34. The van der Waals surface area contributed by atoms with Crippen molar-refractivity contribution in [3.63, 3.8) is 0 Å². The first kappa shape index (κ1) is 22.1. The van der Waals surface area contributed by atoms with E-state index in [0.29, 0.717) is 46.3 Å². The van der Waals surface area contributed by atoms with Gasteiger partial charge in [-0.3, -0.25) is 0 Å². The standard InChI is InChI=1S/C22H19BrCl3NO2/c1-2-28-21-8-15(12-27-19-10-17(25)9-18(26)11-19)7-20(23)22(21)29-13-14-3-5-16(24)6-4-14/h3-11,27H,2,12-13H2,1H3. The van der Waals surface area contributed by atoms with Gasteiger partial charge in [-0.1, -0.05) is 46.9 Å². The van der Waals surface area contributed by atoms with E-state index in [1.807, 2.05) is 55.5 Å². The molecule has 152 valence electrons. The van der Waals surface area contributed by atoms with E-state index >= 15 is 0 Å². The molecule has 0 unspecified atom stereocenters. The highest BCUT2D eigenvalue weighted by Gasteiger charge is 2.13. The Hall–Kier alpha value is -1.59. The van der Waals surface area contributed by atoms with Gasteiger partial charge in [-0.05, 0) is 76.4 Å². The first-order chi connectivity index (χ1) is 13.9. The number of rotatable bonds is 8. The van der Waals surface area contributed by atoms with E-state index in [4.69, 9.17) is 44.3 Å². The van der Waals surface area contributed by atoms with Gasteiger partial charge in [0, 0.05) is 27.3 Å². The first-order valence-corrected chi connectivity index (χ1v) is 10.9. The van der Waals surface area contributed by atoms with Crippen LogP contribution in [0.4, 0.5) is 5.69 Å². The zero-order chi connectivity index (χ0) is 20.8. The number of nitrogens with one attached hydrogen (secondary N) is 1. The van der Waals surface area contributed by atoms with Gasteiger partial charge in [0.25, 0.3) is 0 Å². The van der Waals surface area contributed by atoms with E-state index < -0.39 is 0 Å². The highest BCUT2D eigenvalue weighted by Crippen LogP contribution is 2.38. The van der Waals surface area contributed by atoms with Crippen LogP contribution in [0.1, 0.15) is 18.1 Å². The molecule has 0 fully saturated rings. The van der Waals surface area contributed by atoms with Gasteiger partial charge in [-0.2, -0.15) is 0 Å². The Morgan fingerprint density at radius 2 is 1.52 bits per heavy atom. The highest BCUT2D eigenvalue weighted by atomic mass is 79.9. The Labute approximate surface area is 194 Å². The van der Waals surface area contributed by atoms with E-state index in [0.717, 1.165) is 21.3 Å². The average Bonchev–Trinajstić information content (AvgIpc) is 2.66. The lowest BCUT2D eigenvalue weighted by Crippen LogP contribution is -2.04. The molecule has 0 saturated heterocycles. The van der Waals surface area contributed by atoms with Crippen molar-refractivity contribution in [2.24, 2.45) is 0 Å². The molecule has 0 aromatic heterocycles. The van der Waals surface area contributed by atoms with Crippen LogP contribution in [-0.4, -0.2) is 6.61 Å². The second-order valence-corrected chi connectivity index (χ2v) is 8.43. The van der Waals surface area contributed by atoms with Gasteiger partial charge in [-0.25, -0.2) is 0 Å². The van der Waals surface area contributed by atoms with Crippen molar-refractivity contribution in [2.45, 2.75) is 20.1 Å². The van der Waals surface area contributed by atoms with Crippen molar-refractivity contribution >= 4 is 56.4 Å². The summed E-state index contributed by atoms with van der Waals surface area (Å²) >= 11 is 21.7. The molecule has 3 rings (SSSR count). The zero-order valence-electron chi connectivity index (χ0n) is 15.6. The molecule has 0 aliphatic carbocycles. The molecule has 0 heterocycles. The maximum Gasteiger partial charge on any atom is 0.175 e. The summed E-state index contributed by atoms with van der Waals surface area (Å²) in [4.78, 5) is 0. The van der Waals surface area contributed by atoms with E-state index in [-0.39, 0.29) is 0 Å². The van der Waals surface area contributed by atoms with Crippen LogP contribution in [0.2, 0.25) is 15.1 Å². The van der Waals surface area contributed by atoms with E-state index in [1.54, 1.807) is 6.07 Å². The molecule has 29 heavy (non-hydrogen) atoms. The van der Waals surface area contributed by atoms with Crippen molar-refractivity contribution in [3.8, 4) is 11.5 Å². The fraction of sp³-hybridized carbons (Fsp3) is 0.182. The van der Waals surface area contributed by atoms with Crippen molar-refractivity contribution in [3.05, 3.63) is 85.3 Å². The molecule has 1 N–H and O–H groups in total. The fourth-order valence-electron chi connectivity index (χ4n) is 2.72. The van der Waals surface area contributed by atoms with Crippen molar-refractivity contribution in [1.29, 1.82) is 0 Å². The number of hydrogen-bond acceptors (Lipinski definition) is 3. The SMILES string of the molecule is CCOc1cc(CNc2cc(Cl)cc(Cl)c2)cc(Br)c1OCc1ccc(Cl)cc1. The quantitative estimate of drug-likeness (QED) is 0.330. The van der Waals surface area contributed by atoms with Crippen molar-refractivity contribution in [2.75, 3.05) is 11.9 Å². The number of hydrogen-bond donors (Lipinski definition) is 1. The second-order valence-electron chi connectivity index (χ2n) is 6.26. The molecule has 3 aromatic carbocycles. The van der Waals surface area contributed by atoms with Crippen LogP contribution >= 0.6 is 50.7 Å². The molecule has 7 heteroatoms. The molecular weight excluding hydrogens is 497 g/mol. The lowest BCUT2D eigenvalue weighted by Gasteiger charge is -2.16. The third-order valence-electron chi connectivity index (χ3n) is 4.02. The summed E-state index contributed by atoms with van der Waals surface area (Å²) in [6.45, 7) is 3.46. The zero-order valence-corrected chi connectivity index (χ0v) is 19.5. The molecule has 0 radical (unpaired) electrons.